The van der Waals surface area contributed by atoms with Gasteiger partial charge in [0.1, 0.15) is 0 Å². The first-order valence-electron chi connectivity index (χ1n) is 5.79. The molecule has 0 nitrogen and oxygen atoms in total. The molecule has 18 heavy (non-hydrogen) atoms. The van der Waals surface area contributed by atoms with Gasteiger partial charge in [-0.25, -0.2) is 0 Å². The van der Waals surface area contributed by atoms with E-state index in [0.29, 0.717) is 0 Å². The molecule has 2 heteroatoms. The predicted molar refractivity (Wildman–Crippen MR) is 80.3 cm³/mol. The lowest BCUT2D eigenvalue weighted by Crippen LogP contribution is -1.70. The Bertz CT molecular complexity index is 612. The second-order valence-corrected chi connectivity index (χ2v) is 5.99. The summed E-state index contributed by atoms with van der Waals surface area (Å²) in [5, 5.41) is 2.22. The first-order valence-corrected chi connectivity index (χ1v) is 7.48. The van der Waals surface area contributed by atoms with Gasteiger partial charge in [0.25, 0.3) is 0 Å². The van der Waals surface area contributed by atoms with Crippen LogP contribution in [0.15, 0.2) is 81.9 Å². The molecule has 0 amide bonds. The average Bonchev–Trinajstić information content (AvgIpc) is 2.89. The average molecular weight is 268 g/mol. The van der Waals surface area contributed by atoms with Gasteiger partial charge in [-0.2, -0.15) is 0 Å². The Morgan fingerprint density at radius 3 is 2.11 bits per heavy atom. The maximum absolute atomic E-state index is 2.26. The summed E-state index contributed by atoms with van der Waals surface area (Å²) in [6, 6.07) is 23.3. The molecule has 3 rings (SSSR count). The third-order valence-corrected chi connectivity index (χ3v) is 4.72. The third-order valence-electron chi connectivity index (χ3n) is 2.61. The summed E-state index contributed by atoms with van der Waals surface area (Å²) in [6.07, 6.45) is 0. The highest BCUT2D eigenvalue weighted by atomic mass is 32.2. The Morgan fingerprint density at radius 1 is 0.722 bits per heavy atom. The molecule has 0 aliphatic rings. The van der Waals surface area contributed by atoms with Crippen LogP contribution in [0.3, 0.4) is 0 Å². The Balaban J connectivity index is 1.82. The maximum atomic E-state index is 2.26. The first kappa shape index (κ1) is 11.6. The quantitative estimate of drug-likeness (QED) is 0.598. The minimum Gasteiger partial charge on any atom is -0.143 e. The smallest absolute Gasteiger partial charge is 0.0354 e. The topological polar surface area (TPSA) is 0 Å². The van der Waals surface area contributed by atoms with Gasteiger partial charge in [0.05, 0.1) is 0 Å². The van der Waals surface area contributed by atoms with E-state index in [-0.39, 0.29) is 0 Å². The summed E-state index contributed by atoms with van der Waals surface area (Å²) >= 11 is 3.61. The van der Waals surface area contributed by atoms with Gasteiger partial charge < -0.3 is 0 Å². The summed E-state index contributed by atoms with van der Waals surface area (Å²) < 4.78 is 0. The van der Waals surface area contributed by atoms with Crippen LogP contribution in [-0.2, 0) is 0 Å². The van der Waals surface area contributed by atoms with E-state index in [1.165, 1.54) is 20.2 Å². The molecule has 0 fully saturated rings. The van der Waals surface area contributed by atoms with Gasteiger partial charge in [-0.05, 0) is 23.8 Å². The van der Waals surface area contributed by atoms with Crippen LogP contribution in [0.2, 0.25) is 0 Å². The van der Waals surface area contributed by atoms with Gasteiger partial charge in [-0.15, -0.1) is 11.3 Å². The summed E-state index contributed by atoms with van der Waals surface area (Å²) in [7, 11) is 0. The Kier molecular flexibility index (Phi) is 3.49. The lowest BCUT2D eigenvalue weighted by Gasteiger charge is -1.97. The van der Waals surface area contributed by atoms with E-state index in [9.17, 15) is 0 Å². The van der Waals surface area contributed by atoms with Gasteiger partial charge in [-0.3, -0.25) is 0 Å². The molecule has 0 bridgehead atoms. The van der Waals surface area contributed by atoms with E-state index < -0.39 is 0 Å². The van der Waals surface area contributed by atoms with Crippen LogP contribution in [0, 0.1) is 0 Å². The largest absolute Gasteiger partial charge is 0.143 e. The van der Waals surface area contributed by atoms with Crippen LogP contribution in [0.1, 0.15) is 0 Å². The molecule has 0 saturated carbocycles. The number of rotatable bonds is 3. The normalized spacial score (nSPS) is 10.4. The second-order valence-electron chi connectivity index (χ2n) is 3.93. The van der Waals surface area contributed by atoms with E-state index in [1.54, 1.807) is 11.3 Å². The SMILES string of the molecule is c1ccc(Sc2csc(-c3ccccc3)c2)cc1. The Morgan fingerprint density at radius 2 is 1.39 bits per heavy atom. The first-order chi connectivity index (χ1) is 8.92. The molecule has 1 heterocycles. The van der Waals surface area contributed by atoms with Crippen molar-refractivity contribution in [2.75, 3.05) is 0 Å². The molecular formula is C16H12S2. The van der Waals surface area contributed by atoms with Gasteiger partial charge in [0.2, 0.25) is 0 Å². The van der Waals surface area contributed by atoms with Crippen LogP contribution < -0.4 is 0 Å². The third kappa shape index (κ3) is 2.66. The van der Waals surface area contributed by atoms with Crippen LogP contribution >= 0.6 is 23.1 Å². The highest BCUT2D eigenvalue weighted by Gasteiger charge is 2.03. The highest BCUT2D eigenvalue weighted by Crippen LogP contribution is 2.35. The number of hydrogen-bond acceptors (Lipinski definition) is 2. The van der Waals surface area contributed by atoms with Crippen molar-refractivity contribution in [3.63, 3.8) is 0 Å². The molecule has 1 aromatic heterocycles. The van der Waals surface area contributed by atoms with Crippen molar-refractivity contribution in [3.05, 3.63) is 72.1 Å². The molecule has 88 valence electrons. The monoisotopic (exact) mass is 268 g/mol. The Labute approximate surface area is 115 Å². The fourth-order valence-corrected chi connectivity index (χ4v) is 3.68. The van der Waals surface area contributed by atoms with Gasteiger partial charge in [0, 0.05) is 20.0 Å². The summed E-state index contributed by atoms with van der Waals surface area (Å²) in [5.74, 6) is 0. The van der Waals surface area contributed by atoms with Crippen molar-refractivity contribution in [2.24, 2.45) is 0 Å². The van der Waals surface area contributed by atoms with E-state index >= 15 is 0 Å². The molecule has 0 N–H and O–H groups in total. The van der Waals surface area contributed by atoms with E-state index in [2.05, 4.69) is 66.0 Å². The van der Waals surface area contributed by atoms with Crippen molar-refractivity contribution < 1.29 is 0 Å². The maximum Gasteiger partial charge on any atom is 0.0354 e. The fourth-order valence-electron chi connectivity index (χ4n) is 1.75. The van der Waals surface area contributed by atoms with Crippen molar-refractivity contribution in [1.29, 1.82) is 0 Å². The minimum absolute atomic E-state index is 1.29. The zero-order valence-corrected chi connectivity index (χ0v) is 11.4. The van der Waals surface area contributed by atoms with Gasteiger partial charge >= 0.3 is 0 Å². The van der Waals surface area contributed by atoms with Crippen molar-refractivity contribution in [1.82, 2.24) is 0 Å². The minimum atomic E-state index is 1.29. The highest BCUT2D eigenvalue weighted by molar-refractivity contribution is 7.99. The van der Waals surface area contributed by atoms with Crippen LogP contribution in [0.25, 0.3) is 10.4 Å². The van der Waals surface area contributed by atoms with Crippen molar-refractivity contribution >= 4 is 23.1 Å². The molecule has 0 aliphatic carbocycles. The summed E-state index contributed by atoms with van der Waals surface area (Å²) in [6.45, 7) is 0. The zero-order chi connectivity index (χ0) is 12.2. The molecule has 0 radical (unpaired) electrons. The van der Waals surface area contributed by atoms with Crippen LogP contribution in [-0.4, -0.2) is 0 Å². The Hall–Kier alpha value is -1.51. The number of benzene rings is 2. The van der Waals surface area contributed by atoms with Crippen molar-refractivity contribution in [3.8, 4) is 10.4 Å². The lowest BCUT2D eigenvalue weighted by atomic mass is 10.2. The number of thiophene rings is 1. The standard InChI is InChI=1S/C16H12S2/c1-3-7-13(8-4-1)16-11-15(12-17-16)18-14-9-5-2-6-10-14/h1-12H. The molecule has 0 unspecified atom stereocenters. The van der Waals surface area contributed by atoms with E-state index in [4.69, 9.17) is 0 Å². The molecule has 0 aliphatic heterocycles. The van der Waals surface area contributed by atoms with Crippen molar-refractivity contribution in [2.45, 2.75) is 9.79 Å². The van der Waals surface area contributed by atoms with Gasteiger partial charge in [-0.1, -0.05) is 60.3 Å². The molecule has 0 atom stereocenters. The fraction of sp³-hybridized carbons (Fsp3) is 0. The van der Waals surface area contributed by atoms with Gasteiger partial charge in [0.15, 0.2) is 0 Å². The zero-order valence-electron chi connectivity index (χ0n) is 9.74. The molecule has 0 saturated heterocycles. The van der Waals surface area contributed by atoms with E-state index in [1.807, 2.05) is 17.8 Å². The lowest BCUT2D eigenvalue weighted by molar-refractivity contribution is 1.44. The second kappa shape index (κ2) is 5.42. The summed E-state index contributed by atoms with van der Waals surface area (Å²) in [5.41, 5.74) is 1.29. The molecule has 3 aromatic rings. The van der Waals surface area contributed by atoms with Crippen LogP contribution in [0.5, 0.6) is 0 Å². The predicted octanol–water partition coefficient (Wildman–Crippen LogP) is 5.57. The summed E-state index contributed by atoms with van der Waals surface area (Å²) in [4.78, 5) is 3.92. The molecule has 0 spiro atoms. The molecular weight excluding hydrogens is 256 g/mol. The van der Waals surface area contributed by atoms with E-state index in [0.717, 1.165) is 0 Å². The number of hydrogen-bond donors (Lipinski definition) is 0. The van der Waals surface area contributed by atoms with Crippen LogP contribution in [0.4, 0.5) is 0 Å². The molecule has 2 aromatic carbocycles.